The Balaban J connectivity index is 4.40. The van der Waals surface area contributed by atoms with Gasteiger partial charge in [-0.3, -0.25) is 14.4 Å². The van der Waals surface area contributed by atoms with Crippen LogP contribution < -0.4 is 0 Å². The van der Waals surface area contributed by atoms with Gasteiger partial charge in [0.05, 0.1) is 0 Å². The zero-order chi connectivity index (χ0) is 56.4. The van der Waals surface area contributed by atoms with E-state index >= 15 is 0 Å². The zero-order valence-corrected chi connectivity index (χ0v) is 51.4. The lowest BCUT2D eigenvalue weighted by Crippen LogP contribution is -2.30. The molecule has 448 valence electrons. The van der Waals surface area contributed by atoms with Gasteiger partial charge in [0.1, 0.15) is 13.2 Å². The summed E-state index contributed by atoms with van der Waals surface area (Å²) in [4.78, 5) is 38.4. The molecule has 6 heteroatoms. The van der Waals surface area contributed by atoms with Crippen LogP contribution in [0, 0.1) is 0 Å². The molecule has 0 aromatic carbocycles. The molecule has 0 aliphatic rings. The largest absolute Gasteiger partial charge is 0.462 e. The number of carbonyl (C=O) groups excluding carboxylic acids is 3. The van der Waals surface area contributed by atoms with Crippen molar-refractivity contribution in [2.24, 2.45) is 0 Å². The SMILES string of the molecule is CC/C=C\C/C=C\C/C=C\C/C=C\CCCCCCCCCCCCC(=O)OCC(COC(=O)CCCCCCCCC/C=C\CCCCCCCCC)OC(=O)CCCCCCCC/C=C\C/C=C\C/C=C\CCCCC. The summed E-state index contributed by atoms with van der Waals surface area (Å²) in [5, 5.41) is 0. The molecule has 0 aliphatic carbocycles. The predicted molar refractivity (Wildman–Crippen MR) is 339 cm³/mol. The molecule has 0 heterocycles. The number of hydrogen-bond acceptors (Lipinski definition) is 6. The summed E-state index contributed by atoms with van der Waals surface area (Å²) in [5.74, 6) is -0.894. The van der Waals surface area contributed by atoms with E-state index < -0.39 is 6.10 Å². The molecule has 0 N–H and O–H groups in total. The van der Waals surface area contributed by atoms with Crippen LogP contribution in [0.15, 0.2) is 97.2 Å². The van der Waals surface area contributed by atoms with Gasteiger partial charge in [-0.1, -0.05) is 279 Å². The van der Waals surface area contributed by atoms with Crippen LogP contribution in [0.25, 0.3) is 0 Å². The molecular formula is C72H124O6. The molecule has 0 amide bonds. The van der Waals surface area contributed by atoms with Gasteiger partial charge in [-0.15, -0.1) is 0 Å². The average Bonchev–Trinajstić information content (AvgIpc) is 3.44. The van der Waals surface area contributed by atoms with Crippen LogP contribution in [-0.2, 0) is 28.6 Å². The van der Waals surface area contributed by atoms with Crippen LogP contribution in [0.1, 0.15) is 323 Å². The standard InChI is InChI=1S/C72H124O6/c1-4-7-10-13-16-19-22-25-28-31-34-35-36-37-39-41-44-47-50-53-56-59-62-65-71(74)77-68-69(67-76-70(73)64-61-58-55-52-49-46-43-40-33-30-27-24-21-18-15-12-9-6-3)78-72(75)66-63-60-57-54-51-48-45-42-38-32-29-26-23-20-17-14-11-8-5-2/h7,10,16-17,19-20,25-26,28-30,33-35,38,42,69H,4-6,8-9,11-15,18,21-24,27,31-32,36-37,39-41,43-68H2,1-3H3/b10-7-,19-16-,20-17-,28-25-,29-26-,33-30-,35-34-,42-38-. The minimum Gasteiger partial charge on any atom is -0.462 e. The van der Waals surface area contributed by atoms with E-state index in [0.29, 0.717) is 19.3 Å². The topological polar surface area (TPSA) is 78.9 Å². The van der Waals surface area contributed by atoms with Crippen LogP contribution in [0.3, 0.4) is 0 Å². The number of rotatable bonds is 60. The predicted octanol–water partition coefficient (Wildman–Crippen LogP) is 22.8. The maximum absolute atomic E-state index is 12.9. The lowest BCUT2D eigenvalue weighted by Gasteiger charge is -2.18. The Bertz CT molecular complexity index is 1530. The van der Waals surface area contributed by atoms with Gasteiger partial charge in [0, 0.05) is 19.3 Å². The molecule has 0 aromatic rings. The summed E-state index contributed by atoms with van der Waals surface area (Å²) in [6.45, 7) is 6.51. The van der Waals surface area contributed by atoms with Crippen LogP contribution in [0.2, 0.25) is 0 Å². The molecule has 0 bridgehead atoms. The summed E-state index contributed by atoms with van der Waals surface area (Å²) in [7, 11) is 0. The number of allylic oxidation sites excluding steroid dienone is 16. The second-order valence-electron chi connectivity index (χ2n) is 22.0. The van der Waals surface area contributed by atoms with E-state index in [1.807, 2.05) is 0 Å². The minimum absolute atomic E-state index is 0.0854. The summed E-state index contributed by atoms with van der Waals surface area (Å²) in [6, 6.07) is 0. The van der Waals surface area contributed by atoms with Crippen molar-refractivity contribution in [1.82, 2.24) is 0 Å². The molecule has 0 aliphatic heterocycles. The van der Waals surface area contributed by atoms with E-state index in [4.69, 9.17) is 14.2 Å². The average molecular weight is 1090 g/mol. The van der Waals surface area contributed by atoms with Gasteiger partial charge in [0.25, 0.3) is 0 Å². The Labute approximate surface area is 483 Å². The second kappa shape index (κ2) is 65.8. The molecule has 1 atom stereocenters. The molecule has 1 unspecified atom stereocenters. The van der Waals surface area contributed by atoms with Crippen molar-refractivity contribution in [3.05, 3.63) is 97.2 Å². The highest BCUT2D eigenvalue weighted by molar-refractivity contribution is 5.71. The zero-order valence-electron chi connectivity index (χ0n) is 51.4. The van der Waals surface area contributed by atoms with E-state index in [0.717, 1.165) is 109 Å². The van der Waals surface area contributed by atoms with Gasteiger partial charge in [0.2, 0.25) is 0 Å². The highest BCUT2D eigenvalue weighted by atomic mass is 16.6. The first kappa shape index (κ1) is 74.3. The van der Waals surface area contributed by atoms with E-state index in [1.165, 1.54) is 173 Å². The molecule has 0 saturated heterocycles. The van der Waals surface area contributed by atoms with Crippen molar-refractivity contribution >= 4 is 17.9 Å². The molecule has 78 heavy (non-hydrogen) atoms. The van der Waals surface area contributed by atoms with Crippen LogP contribution >= 0.6 is 0 Å². The van der Waals surface area contributed by atoms with Gasteiger partial charge >= 0.3 is 17.9 Å². The van der Waals surface area contributed by atoms with Gasteiger partial charge in [-0.25, -0.2) is 0 Å². The van der Waals surface area contributed by atoms with E-state index in [9.17, 15) is 14.4 Å². The monoisotopic (exact) mass is 1080 g/mol. The fraction of sp³-hybridized carbons (Fsp3) is 0.736. The third kappa shape index (κ3) is 63.2. The third-order valence-electron chi connectivity index (χ3n) is 14.3. The Morgan fingerprint density at radius 3 is 0.821 bits per heavy atom. The Kier molecular flexibility index (Phi) is 62.7. The van der Waals surface area contributed by atoms with E-state index in [1.54, 1.807) is 0 Å². The molecule has 0 saturated carbocycles. The second-order valence-corrected chi connectivity index (χ2v) is 22.0. The van der Waals surface area contributed by atoms with Crippen molar-refractivity contribution in [2.75, 3.05) is 13.2 Å². The summed E-state index contributed by atoms with van der Waals surface area (Å²) in [5.41, 5.74) is 0. The summed E-state index contributed by atoms with van der Waals surface area (Å²) >= 11 is 0. The third-order valence-corrected chi connectivity index (χ3v) is 14.3. The van der Waals surface area contributed by atoms with E-state index in [-0.39, 0.29) is 31.1 Å². The first-order chi connectivity index (χ1) is 38.5. The highest BCUT2D eigenvalue weighted by Gasteiger charge is 2.19. The van der Waals surface area contributed by atoms with E-state index in [2.05, 4.69) is 118 Å². The number of ether oxygens (including phenoxy) is 3. The first-order valence-electron chi connectivity index (χ1n) is 33.2. The van der Waals surface area contributed by atoms with Gasteiger partial charge in [-0.05, 0) is 122 Å². The highest BCUT2D eigenvalue weighted by Crippen LogP contribution is 2.16. The van der Waals surface area contributed by atoms with Crippen LogP contribution in [-0.4, -0.2) is 37.2 Å². The number of esters is 3. The van der Waals surface area contributed by atoms with Crippen LogP contribution in [0.5, 0.6) is 0 Å². The molecular weight excluding hydrogens is 961 g/mol. The van der Waals surface area contributed by atoms with Gasteiger partial charge < -0.3 is 14.2 Å². The van der Waals surface area contributed by atoms with Gasteiger partial charge in [0.15, 0.2) is 6.10 Å². The fourth-order valence-corrected chi connectivity index (χ4v) is 9.32. The number of hydrogen-bond donors (Lipinski definition) is 0. The quantitative estimate of drug-likeness (QED) is 0.0261. The summed E-state index contributed by atoms with van der Waals surface area (Å²) < 4.78 is 17.0. The molecule has 0 spiro atoms. The summed E-state index contributed by atoms with van der Waals surface area (Å²) in [6.07, 6.45) is 88.3. The van der Waals surface area contributed by atoms with Crippen molar-refractivity contribution in [3.63, 3.8) is 0 Å². The Morgan fingerprint density at radius 1 is 0.269 bits per heavy atom. The van der Waals surface area contributed by atoms with Crippen LogP contribution in [0.4, 0.5) is 0 Å². The maximum Gasteiger partial charge on any atom is 0.306 e. The Hall–Kier alpha value is -3.67. The lowest BCUT2D eigenvalue weighted by atomic mass is 10.1. The van der Waals surface area contributed by atoms with Crippen molar-refractivity contribution < 1.29 is 28.6 Å². The maximum atomic E-state index is 12.9. The molecule has 0 fully saturated rings. The fourth-order valence-electron chi connectivity index (χ4n) is 9.32. The van der Waals surface area contributed by atoms with Gasteiger partial charge in [-0.2, -0.15) is 0 Å². The molecule has 0 radical (unpaired) electrons. The van der Waals surface area contributed by atoms with Crippen molar-refractivity contribution in [1.29, 1.82) is 0 Å². The first-order valence-corrected chi connectivity index (χ1v) is 33.2. The van der Waals surface area contributed by atoms with Crippen molar-refractivity contribution in [3.8, 4) is 0 Å². The van der Waals surface area contributed by atoms with Crippen molar-refractivity contribution in [2.45, 2.75) is 329 Å². The smallest absolute Gasteiger partial charge is 0.306 e. The minimum atomic E-state index is -0.791. The lowest BCUT2D eigenvalue weighted by molar-refractivity contribution is -0.167. The molecule has 6 nitrogen and oxygen atoms in total. The normalized spacial score (nSPS) is 12.7. The molecule has 0 aromatic heterocycles. The number of unbranched alkanes of at least 4 members (excludes halogenated alkanes) is 33. The Morgan fingerprint density at radius 2 is 0.500 bits per heavy atom. The molecule has 0 rings (SSSR count). The number of carbonyl (C=O) groups is 3.